The lowest BCUT2D eigenvalue weighted by Crippen LogP contribution is -2.27. The fraction of sp³-hybridized carbons (Fsp3) is 0.471. The van der Waals surface area contributed by atoms with Gasteiger partial charge in [-0.05, 0) is 24.5 Å². The van der Waals surface area contributed by atoms with Gasteiger partial charge < -0.3 is 14.3 Å². The van der Waals surface area contributed by atoms with Gasteiger partial charge in [-0.25, -0.2) is 0 Å². The first-order chi connectivity index (χ1) is 11.2. The summed E-state index contributed by atoms with van der Waals surface area (Å²) in [5.74, 6) is 3.14. The third-order valence-electron chi connectivity index (χ3n) is 4.43. The number of aryl methyl sites for hydroxylation is 1. The van der Waals surface area contributed by atoms with Crippen LogP contribution >= 0.6 is 0 Å². The van der Waals surface area contributed by atoms with Crippen LogP contribution < -0.4 is 5.32 Å². The van der Waals surface area contributed by atoms with E-state index in [1.807, 2.05) is 24.3 Å². The summed E-state index contributed by atoms with van der Waals surface area (Å²) in [4.78, 5) is 4.47. The standard InChI is InChI=1S/C17H21N5O/c1-11(2)16-21-20-15-8-7-12(10-22(15)16)9-18-17-19-13-5-3-4-6-14(13)23-17/h3-6,11-12H,7-10H2,1-2H3,(H,18,19)/t12-/m0/s1. The van der Waals surface area contributed by atoms with Gasteiger partial charge >= 0.3 is 0 Å². The van der Waals surface area contributed by atoms with Gasteiger partial charge in [-0.3, -0.25) is 0 Å². The van der Waals surface area contributed by atoms with Crippen molar-refractivity contribution in [2.75, 3.05) is 11.9 Å². The molecule has 23 heavy (non-hydrogen) atoms. The molecule has 1 atom stereocenters. The zero-order valence-corrected chi connectivity index (χ0v) is 13.5. The third kappa shape index (κ3) is 2.69. The van der Waals surface area contributed by atoms with Crippen molar-refractivity contribution in [3.8, 4) is 0 Å². The fourth-order valence-corrected chi connectivity index (χ4v) is 3.19. The number of hydrogen-bond acceptors (Lipinski definition) is 5. The highest BCUT2D eigenvalue weighted by Gasteiger charge is 2.24. The Kier molecular flexibility index (Phi) is 3.52. The second-order valence-electron chi connectivity index (χ2n) is 6.51. The Labute approximate surface area is 134 Å². The maximum atomic E-state index is 5.72. The van der Waals surface area contributed by atoms with Crippen molar-refractivity contribution >= 4 is 17.1 Å². The van der Waals surface area contributed by atoms with Crippen molar-refractivity contribution < 1.29 is 4.42 Å². The molecular weight excluding hydrogens is 290 g/mol. The van der Waals surface area contributed by atoms with E-state index in [2.05, 4.69) is 38.9 Å². The maximum absolute atomic E-state index is 5.72. The summed E-state index contributed by atoms with van der Waals surface area (Å²) in [5.41, 5.74) is 1.71. The highest BCUT2D eigenvalue weighted by molar-refractivity contribution is 5.74. The largest absolute Gasteiger partial charge is 0.424 e. The van der Waals surface area contributed by atoms with Gasteiger partial charge in [0.25, 0.3) is 6.01 Å². The summed E-state index contributed by atoms with van der Waals surface area (Å²) in [5, 5.41) is 12.0. The van der Waals surface area contributed by atoms with Crippen LogP contribution in [-0.2, 0) is 13.0 Å². The molecule has 0 fully saturated rings. The minimum atomic E-state index is 0.403. The Bertz CT molecular complexity index is 786. The van der Waals surface area contributed by atoms with Gasteiger partial charge in [-0.1, -0.05) is 26.0 Å². The topological polar surface area (TPSA) is 68.8 Å². The van der Waals surface area contributed by atoms with Crippen molar-refractivity contribution in [2.45, 2.75) is 39.2 Å². The smallest absolute Gasteiger partial charge is 0.295 e. The van der Waals surface area contributed by atoms with Gasteiger partial charge in [-0.2, -0.15) is 4.98 Å². The second kappa shape index (κ2) is 5.68. The summed E-state index contributed by atoms with van der Waals surface area (Å²) in [6.07, 6.45) is 2.10. The summed E-state index contributed by atoms with van der Waals surface area (Å²) in [6.45, 7) is 6.14. The van der Waals surface area contributed by atoms with Gasteiger partial charge in [0, 0.05) is 25.4 Å². The molecule has 120 valence electrons. The normalized spacial score (nSPS) is 17.6. The average molecular weight is 311 g/mol. The van der Waals surface area contributed by atoms with E-state index in [9.17, 15) is 0 Å². The molecule has 6 nitrogen and oxygen atoms in total. The quantitative estimate of drug-likeness (QED) is 0.801. The molecule has 0 spiro atoms. The molecule has 3 heterocycles. The Morgan fingerprint density at radius 2 is 2.17 bits per heavy atom. The number of nitrogens with one attached hydrogen (secondary N) is 1. The van der Waals surface area contributed by atoms with E-state index >= 15 is 0 Å². The van der Waals surface area contributed by atoms with Crippen molar-refractivity contribution in [3.05, 3.63) is 35.9 Å². The van der Waals surface area contributed by atoms with E-state index in [4.69, 9.17) is 4.42 Å². The molecule has 4 rings (SSSR count). The molecule has 1 N–H and O–H groups in total. The van der Waals surface area contributed by atoms with Crippen LogP contribution in [0, 0.1) is 5.92 Å². The number of hydrogen-bond donors (Lipinski definition) is 1. The SMILES string of the molecule is CC(C)c1nnc2n1C[C@H](CNc1nc3ccccc3o1)CC2. The average Bonchev–Trinajstić information content (AvgIpc) is 3.15. The van der Waals surface area contributed by atoms with Gasteiger partial charge in [0.05, 0.1) is 0 Å². The molecular formula is C17H21N5O. The molecule has 1 aliphatic rings. The van der Waals surface area contributed by atoms with Crippen LogP contribution in [0.4, 0.5) is 6.01 Å². The number of oxazole rings is 1. The first kappa shape index (κ1) is 14.2. The van der Waals surface area contributed by atoms with E-state index in [0.29, 0.717) is 17.9 Å². The monoisotopic (exact) mass is 311 g/mol. The molecule has 0 saturated carbocycles. The number of aromatic nitrogens is 4. The van der Waals surface area contributed by atoms with Crippen molar-refractivity contribution in [3.63, 3.8) is 0 Å². The lowest BCUT2D eigenvalue weighted by Gasteiger charge is -2.24. The molecule has 0 aliphatic carbocycles. The molecule has 0 unspecified atom stereocenters. The maximum Gasteiger partial charge on any atom is 0.295 e. The minimum Gasteiger partial charge on any atom is -0.424 e. The van der Waals surface area contributed by atoms with Crippen molar-refractivity contribution in [1.82, 2.24) is 19.7 Å². The van der Waals surface area contributed by atoms with Crippen LogP contribution in [0.1, 0.15) is 37.8 Å². The van der Waals surface area contributed by atoms with E-state index in [1.165, 1.54) is 0 Å². The fourth-order valence-electron chi connectivity index (χ4n) is 3.19. The summed E-state index contributed by atoms with van der Waals surface area (Å²) >= 11 is 0. The predicted octanol–water partition coefficient (Wildman–Crippen LogP) is 3.22. The number of fused-ring (bicyclic) bond motifs is 2. The molecule has 0 saturated heterocycles. The summed E-state index contributed by atoms with van der Waals surface area (Å²) in [6, 6.07) is 8.43. The van der Waals surface area contributed by atoms with Crippen LogP contribution in [0.15, 0.2) is 28.7 Å². The highest BCUT2D eigenvalue weighted by Crippen LogP contribution is 2.24. The van der Waals surface area contributed by atoms with Gasteiger partial charge in [-0.15, -0.1) is 10.2 Å². The summed E-state index contributed by atoms with van der Waals surface area (Å²) < 4.78 is 8.01. The van der Waals surface area contributed by atoms with Crippen LogP contribution in [0.2, 0.25) is 0 Å². The molecule has 3 aromatic rings. The first-order valence-corrected chi connectivity index (χ1v) is 8.22. The summed E-state index contributed by atoms with van der Waals surface area (Å²) in [7, 11) is 0. The molecule has 2 aromatic heterocycles. The van der Waals surface area contributed by atoms with E-state index < -0.39 is 0 Å². The Balaban J connectivity index is 1.44. The van der Waals surface area contributed by atoms with Crippen LogP contribution in [0.25, 0.3) is 11.1 Å². The number of nitrogens with zero attached hydrogens (tertiary/aromatic N) is 4. The van der Waals surface area contributed by atoms with Crippen LogP contribution in [-0.4, -0.2) is 26.3 Å². The number of rotatable bonds is 4. The van der Waals surface area contributed by atoms with Crippen molar-refractivity contribution in [1.29, 1.82) is 0 Å². The first-order valence-electron chi connectivity index (χ1n) is 8.22. The van der Waals surface area contributed by atoms with Gasteiger partial charge in [0.1, 0.15) is 17.2 Å². The minimum absolute atomic E-state index is 0.403. The zero-order chi connectivity index (χ0) is 15.8. The van der Waals surface area contributed by atoms with E-state index in [-0.39, 0.29) is 0 Å². The Morgan fingerprint density at radius 3 is 3.00 bits per heavy atom. The Morgan fingerprint density at radius 1 is 1.30 bits per heavy atom. The highest BCUT2D eigenvalue weighted by atomic mass is 16.4. The van der Waals surface area contributed by atoms with Gasteiger partial charge in [0.15, 0.2) is 5.58 Å². The third-order valence-corrected chi connectivity index (χ3v) is 4.43. The zero-order valence-electron chi connectivity index (χ0n) is 13.5. The Hall–Kier alpha value is -2.37. The van der Waals surface area contributed by atoms with Crippen molar-refractivity contribution in [2.24, 2.45) is 5.92 Å². The van der Waals surface area contributed by atoms with Crippen LogP contribution in [0.5, 0.6) is 0 Å². The van der Waals surface area contributed by atoms with Gasteiger partial charge in [0.2, 0.25) is 0 Å². The molecule has 0 radical (unpaired) electrons. The van der Waals surface area contributed by atoms with Crippen LogP contribution in [0.3, 0.4) is 0 Å². The lowest BCUT2D eigenvalue weighted by molar-refractivity contribution is 0.369. The van der Waals surface area contributed by atoms with E-state index in [0.717, 1.165) is 48.7 Å². The van der Waals surface area contributed by atoms with E-state index in [1.54, 1.807) is 0 Å². The molecule has 0 bridgehead atoms. The lowest BCUT2D eigenvalue weighted by atomic mass is 9.99. The molecule has 0 amide bonds. The number of para-hydroxylation sites is 2. The molecule has 1 aliphatic heterocycles. The molecule has 6 heteroatoms. The number of anilines is 1. The predicted molar refractivity (Wildman–Crippen MR) is 88.4 cm³/mol. The number of benzene rings is 1. The molecule has 1 aromatic carbocycles. The second-order valence-corrected chi connectivity index (χ2v) is 6.51.